The zero-order valence-corrected chi connectivity index (χ0v) is 13.5. The molecule has 1 unspecified atom stereocenters. The van der Waals surface area contributed by atoms with E-state index in [4.69, 9.17) is 10.5 Å². The molecule has 0 radical (unpaired) electrons. The van der Waals surface area contributed by atoms with Gasteiger partial charge >= 0.3 is 0 Å². The summed E-state index contributed by atoms with van der Waals surface area (Å²) < 4.78 is 18.9. The predicted molar refractivity (Wildman–Crippen MR) is 85.1 cm³/mol. The molecule has 1 aromatic rings. The van der Waals surface area contributed by atoms with Crippen LogP contribution in [0, 0.1) is 5.82 Å². The Hall–Kier alpha value is -1.50. The number of aliphatic hydroxyl groups is 1. The Morgan fingerprint density at radius 2 is 2.09 bits per heavy atom. The van der Waals surface area contributed by atoms with Crippen LogP contribution in [0.1, 0.15) is 31.2 Å². The Labute approximate surface area is 136 Å². The molecular weight excluding hydrogens is 299 g/mol. The molecule has 6 heteroatoms. The van der Waals surface area contributed by atoms with Crippen molar-refractivity contribution < 1.29 is 19.0 Å². The molecule has 1 saturated carbocycles. The molecule has 0 saturated heterocycles. The van der Waals surface area contributed by atoms with Crippen LogP contribution >= 0.6 is 0 Å². The van der Waals surface area contributed by atoms with Gasteiger partial charge in [0.15, 0.2) is 0 Å². The lowest BCUT2D eigenvalue weighted by Gasteiger charge is -2.37. The standard InChI is InChI=1S/C17H25FN2O3/c1-20(17(16(19)22)8-4-5-9-17)10-14(21)12-23-11-13-6-2-3-7-15(13)18/h2-3,6-7,14,21H,4-5,8-12H2,1H3,(H2,19,22). The predicted octanol–water partition coefficient (Wildman–Crippen LogP) is 1.43. The number of carbonyl (C=O) groups excluding carboxylic acids is 1. The minimum Gasteiger partial charge on any atom is -0.389 e. The summed E-state index contributed by atoms with van der Waals surface area (Å²) in [5.41, 5.74) is 5.36. The van der Waals surface area contributed by atoms with E-state index in [1.165, 1.54) is 6.07 Å². The number of benzene rings is 1. The lowest BCUT2D eigenvalue weighted by Crippen LogP contribution is -2.56. The Morgan fingerprint density at radius 3 is 2.70 bits per heavy atom. The largest absolute Gasteiger partial charge is 0.389 e. The molecule has 128 valence electrons. The van der Waals surface area contributed by atoms with Gasteiger partial charge in [-0.05, 0) is 26.0 Å². The number of hydrogen-bond acceptors (Lipinski definition) is 4. The number of nitrogens with zero attached hydrogens (tertiary/aromatic N) is 1. The number of primary amides is 1. The second-order valence-electron chi connectivity index (χ2n) is 6.24. The lowest BCUT2D eigenvalue weighted by atomic mass is 9.94. The summed E-state index contributed by atoms with van der Waals surface area (Å²) in [6, 6.07) is 6.38. The smallest absolute Gasteiger partial charge is 0.237 e. The van der Waals surface area contributed by atoms with E-state index < -0.39 is 11.6 Å². The van der Waals surface area contributed by atoms with Crippen LogP contribution in [0.3, 0.4) is 0 Å². The molecule has 5 nitrogen and oxygen atoms in total. The van der Waals surface area contributed by atoms with E-state index in [-0.39, 0.29) is 24.9 Å². The number of nitrogens with two attached hydrogens (primary N) is 1. The second-order valence-corrected chi connectivity index (χ2v) is 6.24. The minimum atomic E-state index is -0.761. The molecule has 3 N–H and O–H groups in total. The van der Waals surface area contributed by atoms with Crippen molar-refractivity contribution in [3.63, 3.8) is 0 Å². The van der Waals surface area contributed by atoms with Gasteiger partial charge in [0.2, 0.25) is 5.91 Å². The van der Waals surface area contributed by atoms with E-state index in [0.29, 0.717) is 12.1 Å². The van der Waals surface area contributed by atoms with Gasteiger partial charge in [-0.2, -0.15) is 0 Å². The van der Waals surface area contributed by atoms with Crippen molar-refractivity contribution in [2.75, 3.05) is 20.2 Å². The number of aliphatic hydroxyl groups excluding tert-OH is 1. The highest BCUT2D eigenvalue weighted by molar-refractivity contribution is 5.85. The number of ether oxygens (including phenoxy) is 1. The molecule has 0 aromatic heterocycles. The quantitative estimate of drug-likeness (QED) is 0.758. The van der Waals surface area contributed by atoms with E-state index in [0.717, 1.165) is 25.7 Å². The third kappa shape index (κ3) is 4.28. The van der Waals surface area contributed by atoms with Crippen LogP contribution in [0.25, 0.3) is 0 Å². The maximum atomic E-state index is 13.5. The highest BCUT2D eigenvalue weighted by Crippen LogP contribution is 2.34. The van der Waals surface area contributed by atoms with Crippen LogP contribution in [0.2, 0.25) is 0 Å². The molecule has 1 atom stereocenters. The lowest BCUT2D eigenvalue weighted by molar-refractivity contribution is -0.130. The van der Waals surface area contributed by atoms with Crippen molar-refractivity contribution in [3.8, 4) is 0 Å². The van der Waals surface area contributed by atoms with E-state index >= 15 is 0 Å². The molecule has 2 rings (SSSR count). The summed E-state index contributed by atoms with van der Waals surface area (Å²) in [5.74, 6) is -0.658. The Kier molecular flexibility index (Phi) is 6.10. The maximum Gasteiger partial charge on any atom is 0.237 e. The normalized spacial score (nSPS) is 18.3. The number of halogens is 1. The van der Waals surface area contributed by atoms with Crippen LogP contribution in [0.15, 0.2) is 24.3 Å². The second kappa shape index (κ2) is 7.86. The monoisotopic (exact) mass is 324 g/mol. The highest BCUT2D eigenvalue weighted by Gasteiger charge is 2.43. The molecule has 0 aliphatic heterocycles. The average Bonchev–Trinajstić information content (AvgIpc) is 3.00. The summed E-state index contributed by atoms with van der Waals surface area (Å²) >= 11 is 0. The van der Waals surface area contributed by atoms with Crippen molar-refractivity contribution >= 4 is 5.91 Å². The van der Waals surface area contributed by atoms with Gasteiger partial charge in [-0.1, -0.05) is 31.0 Å². The van der Waals surface area contributed by atoms with Gasteiger partial charge in [-0.3, -0.25) is 9.69 Å². The maximum absolute atomic E-state index is 13.5. The molecule has 0 heterocycles. The van der Waals surface area contributed by atoms with E-state index in [1.807, 2.05) is 4.90 Å². The summed E-state index contributed by atoms with van der Waals surface area (Å²) in [4.78, 5) is 13.6. The molecule has 1 amide bonds. The Morgan fingerprint density at radius 1 is 1.43 bits per heavy atom. The van der Waals surface area contributed by atoms with Gasteiger partial charge in [0.25, 0.3) is 0 Å². The van der Waals surface area contributed by atoms with Gasteiger partial charge in [0.1, 0.15) is 5.82 Å². The van der Waals surface area contributed by atoms with Crippen molar-refractivity contribution in [2.45, 2.75) is 43.9 Å². The van der Waals surface area contributed by atoms with Crippen molar-refractivity contribution in [2.24, 2.45) is 5.73 Å². The van der Waals surface area contributed by atoms with E-state index in [2.05, 4.69) is 0 Å². The van der Waals surface area contributed by atoms with Crippen LogP contribution in [-0.4, -0.2) is 47.8 Å². The number of likely N-dealkylation sites (N-methyl/N-ethyl adjacent to an activating group) is 1. The Balaban J connectivity index is 1.81. The number of carbonyl (C=O) groups is 1. The molecule has 1 fully saturated rings. The summed E-state index contributed by atoms with van der Waals surface area (Å²) in [6.07, 6.45) is 2.62. The molecule has 1 aliphatic carbocycles. The zero-order valence-electron chi connectivity index (χ0n) is 13.5. The van der Waals surface area contributed by atoms with Crippen molar-refractivity contribution in [1.82, 2.24) is 4.90 Å². The molecule has 0 bridgehead atoms. The van der Waals surface area contributed by atoms with Gasteiger partial charge in [-0.15, -0.1) is 0 Å². The van der Waals surface area contributed by atoms with Crippen LogP contribution < -0.4 is 5.73 Å². The summed E-state index contributed by atoms with van der Waals surface area (Å²) in [6.45, 7) is 0.474. The van der Waals surface area contributed by atoms with E-state index in [1.54, 1.807) is 25.2 Å². The first-order valence-electron chi connectivity index (χ1n) is 7.96. The number of rotatable bonds is 8. The molecule has 1 aliphatic rings. The number of β-amino-alcohol motifs (C(OH)–C–C–N with tert-alkyl or cyclic N) is 1. The van der Waals surface area contributed by atoms with Crippen molar-refractivity contribution in [1.29, 1.82) is 0 Å². The average molecular weight is 324 g/mol. The van der Waals surface area contributed by atoms with Crippen LogP contribution in [0.5, 0.6) is 0 Å². The fourth-order valence-electron chi connectivity index (χ4n) is 3.24. The fourth-order valence-corrected chi connectivity index (χ4v) is 3.24. The van der Waals surface area contributed by atoms with Crippen LogP contribution in [0.4, 0.5) is 4.39 Å². The topological polar surface area (TPSA) is 75.8 Å². The van der Waals surface area contributed by atoms with E-state index in [9.17, 15) is 14.3 Å². The fraction of sp³-hybridized carbons (Fsp3) is 0.588. The summed E-state index contributed by atoms with van der Waals surface area (Å²) in [5, 5.41) is 10.1. The van der Waals surface area contributed by atoms with Crippen LogP contribution in [-0.2, 0) is 16.1 Å². The third-order valence-electron chi connectivity index (χ3n) is 4.63. The van der Waals surface area contributed by atoms with Gasteiger partial charge in [-0.25, -0.2) is 4.39 Å². The molecule has 0 spiro atoms. The number of amides is 1. The third-order valence-corrected chi connectivity index (χ3v) is 4.63. The highest BCUT2D eigenvalue weighted by atomic mass is 19.1. The zero-order chi connectivity index (χ0) is 16.9. The van der Waals surface area contributed by atoms with Gasteiger partial charge in [0, 0.05) is 12.1 Å². The SMILES string of the molecule is CN(CC(O)COCc1ccccc1F)C1(C(N)=O)CCCC1. The molecule has 23 heavy (non-hydrogen) atoms. The van der Waals surface area contributed by atoms with Crippen molar-refractivity contribution in [3.05, 3.63) is 35.6 Å². The minimum absolute atomic E-state index is 0.0769. The molecular formula is C17H25FN2O3. The molecule has 1 aromatic carbocycles. The first-order chi connectivity index (χ1) is 11.0. The summed E-state index contributed by atoms with van der Waals surface area (Å²) in [7, 11) is 1.80. The van der Waals surface area contributed by atoms with Gasteiger partial charge < -0.3 is 15.6 Å². The first kappa shape index (κ1) is 17.8. The van der Waals surface area contributed by atoms with Gasteiger partial charge in [0.05, 0.1) is 24.9 Å². The number of hydrogen-bond donors (Lipinski definition) is 2. The Bertz CT molecular complexity index is 532. The first-order valence-corrected chi connectivity index (χ1v) is 7.96.